The maximum Gasteiger partial charge on any atom is 0.129 e. The quantitative estimate of drug-likeness (QED) is 0.413. The van der Waals surface area contributed by atoms with E-state index in [0.29, 0.717) is 0 Å². The Bertz CT molecular complexity index is 91.6. The van der Waals surface area contributed by atoms with Crippen LogP contribution in [0.25, 0.3) is 0 Å². The average molecular weight is 129 g/mol. The van der Waals surface area contributed by atoms with Gasteiger partial charge in [-0.1, -0.05) is 12.1 Å². The maximum atomic E-state index is 5.04. The molecule has 0 aromatic carbocycles. The SMILES string of the molecule is CC/C=N\OC(C)(C)C. The molecule has 0 amide bonds. The molecule has 0 aromatic rings. The lowest BCUT2D eigenvalue weighted by atomic mass is 10.2. The Morgan fingerprint density at radius 3 is 2.33 bits per heavy atom. The first kappa shape index (κ1) is 8.47. The van der Waals surface area contributed by atoms with E-state index in [1.54, 1.807) is 6.21 Å². The molecule has 0 aliphatic heterocycles. The minimum Gasteiger partial charge on any atom is -0.390 e. The van der Waals surface area contributed by atoms with Gasteiger partial charge in [-0.2, -0.15) is 0 Å². The number of hydrogen-bond donors (Lipinski definition) is 0. The van der Waals surface area contributed by atoms with Crippen molar-refractivity contribution in [3.8, 4) is 0 Å². The Balaban J connectivity index is 3.38. The van der Waals surface area contributed by atoms with Gasteiger partial charge in [-0.25, -0.2) is 0 Å². The molecule has 0 fully saturated rings. The van der Waals surface area contributed by atoms with E-state index in [0.717, 1.165) is 6.42 Å². The topological polar surface area (TPSA) is 21.6 Å². The fourth-order valence-corrected chi connectivity index (χ4v) is 0.270. The van der Waals surface area contributed by atoms with Crippen LogP contribution in [0.3, 0.4) is 0 Å². The third kappa shape index (κ3) is 7.47. The predicted molar refractivity (Wildman–Crippen MR) is 39.6 cm³/mol. The molecule has 2 heteroatoms. The minimum atomic E-state index is -0.147. The predicted octanol–water partition coefficient (Wildman–Crippen LogP) is 2.20. The summed E-state index contributed by atoms with van der Waals surface area (Å²) in [5.41, 5.74) is -0.147. The summed E-state index contributed by atoms with van der Waals surface area (Å²) < 4.78 is 0. The van der Waals surface area contributed by atoms with Gasteiger partial charge in [0.25, 0.3) is 0 Å². The van der Waals surface area contributed by atoms with E-state index in [-0.39, 0.29) is 5.60 Å². The lowest BCUT2D eigenvalue weighted by Crippen LogP contribution is -2.15. The summed E-state index contributed by atoms with van der Waals surface area (Å²) in [5.74, 6) is 0. The maximum absolute atomic E-state index is 5.04. The van der Waals surface area contributed by atoms with Crippen LogP contribution in [0.5, 0.6) is 0 Å². The van der Waals surface area contributed by atoms with Crippen LogP contribution in [-0.4, -0.2) is 11.8 Å². The van der Waals surface area contributed by atoms with Crippen LogP contribution in [0.15, 0.2) is 5.16 Å². The molecule has 0 unspecified atom stereocenters. The van der Waals surface area contributed by atoms with Gasteiger partial charge in [0.2, 0.25) is 0 Å². The van der Waals surface area contributed by atoms with Crippen molar-refractivity contribution in [2.45, 2.75) is 39.7 Å². The second-order valence-electron chi connectivity index (χ2n) is 2.90. The molecule has 2 nitrogen and oxygen atoms in total. The van der Waals surface area contributed by atoms with Gasteiger partial charge in [0.05, 0.1) is 0 Å². The third-order valence-corrected chi connectivity index (χ3v) is 0.584. The lowest BCUT2D eigenvalue weighted by molar-refractivity contribution is 0.00163. The van der Waals surface area contributed by atoms with E-state index >= 15 is 0 Å². The van der Waals surface area contributed by atoms with Gasteiger partial charge in [-0.15, -0.1) is 0 Å². The summed E-state index contributed by atoms with van der Waals surface area (Å²) in [7, 11) is 0. The zero-order chi connectivity index (χ0) is 7.33. The Labute approximate surface area is 56.9 Å². The first-order chi connectivity index (χ1) is 4.06. The summed E-state index contributed by atoms with van der Waals surface area (Å²) in [6, 6.07) is 0. The molecule has 0 radical (unpaired) electrons. The monoisotopic (exact) mass is 129 g/mol. The van der Waals surface area contributed by atoms with Gasteiger partial charge < -0.3 is 4.84 Å². The van der Waals surface area contributed by atoms with Crippen molar-refractivity contribution in [3.05, 3.63) is 0 Å². The third-order valence-electron chi connectivity index (χ3n) is 0.584. The summed E-state index contributed by atoms with van der Waals surface area (Å²) >= 11 is 0. The van der Waals surface area contributed by atoms with Crippen LogP contribution < -0.4 is 0 Å². The van der Waals surface area contributed by atoms with E-state index in [9.17, 15) is 0 Å². The molecular weight excluding hydrogens is 114 g/mol. The van der Waals surface area contributed by atoms with Crippen LogP contribution in [0.1, 0.15) is 34.1 Å². The van der Waals surface area contributed by atoms with Crippen LogP contribution in [0.2, 0.25) is 0 Å². The standard InChI is InChI=1S/C7H15NO/c1-5-6-8-9-7(2,3)4/h6H,5H2,1-4H3/b8-6-. The Hall–Kier alpha value is -0.530. The van der Waals surface area contributed by atoms with E-state index in [2.05, 4.69) is 5.16 Å². The second-order valence-corrected chi connectivity index (χ2v) is 2.90. The molecule has 0 spiro atoms. The second kappa shape index (κ2) is 3.49. The Morgan fingerprint density at radius 2 is 2.00 bits per heavy atom. The lowest BCUT2D eigenvalue weighted by Gasteiger charge is -2.14. The summed E-state index contributed by atoms with van der Waals surface area (Å²) in [5, 5.41) is 3.74. The van der Waals surface area contributed by atoms with E-state index in [4.69, 9.17) is 4.84 Å². The summed E-state index contributed by atoms with van der Waals surface area (Å²) in [4.78, 5) is 5.04. The fourth-order valence-electron chi connectivity index (χ4n) is 0.270. The van der Waals surface area contributed by atoms with Crippen LogP contribution in [-0.2, 0) is 4.84 Å². The van der Waals surface area contributed by atoms with Crippen molar-refractivity contribution >= 4 is 6.21 Å². The highest BCUT2D eigenvalue weighted by atomic mass is 16.6. The molecule has 0 atom stereocenters. The molecule has 0 aromatic heterocycles. The van der Waals surface area contributed by atoms with Crippen LogP contribution in [0, 0.1) is 0 Å². The normalized spacial score (nSPS) is 12.4. The van der Waals surface area contributed by atoms with Crippen molar-refractivity contribution in [2.75, 3.05) is 0 Å². The number of rotatable bonds is 2. The van der Waals surface area contributed by atoms with Gasteiger partial charge in [0.15, 0.2) is 0 Å². The zero-order valence-electron chi connectivity index (χ0n) is 6.64. The highest BCUT2D eigenvalue weighted by molar-refractivity contribution is 5.55. The van der Waals surface area contributed by atoms with E-state index in [1.165, 1.54) is 0 Å². The Morgan fingerprint density at radius 1 is 1.44 bits per heavy atom. The summed E-state index contributed by atoms with van der Waals surface area (Å²) in [6.45, 7) is 7.94. The largest absolute Gasteiger partial charge is 0.390 e. The van der Waals surface area contributed by atoms with Crippen molar-refractivity contribution in [3.63, 3.8) is 0 Å². The molecule has 0 saturated heterocycles. The molecule has 0 heterocycles. The van der Waals surface area contributed by atoms with Gasteiger partial charge in [-0.3, -0.25) is 0 Å². The van der Waals surface area contributed by atoms with Gasteiger partial charge >= 0.3 is 0 Å². The van der Waals surface area contributed by atoms with Crippen molar-refractivity contribution in [1.82, 2.24) is 0 Å². The number of nitrogens with zero attached hydrogens (tertiary/aromatic N) is 1. The molecule has 0 rings (SSSR count). The first-order valence-corrected chi connectivity index (χ1v) is 3.26. The van der Waals surface area contributed by atoms with Crippen molar-refractivity contribution < 1.29 is 4.84 Å². The average Bonchev–Trinajstić information content (AvgIpc) is 1.63. The summed E-state index contributed by atoms with van der Waals surface area (Å²) in [6.07, 6.45) is 2.68. The van der Waals surface area contributed by atoms with Gasteiger partial charge in [-0.05, 0) is 27.2 Å². The van der Waals surface area contributed by atoms with Crippen molar-refractivity contribution in [1.29, 1.82) is 0 Å². The first-order valence-electron chi connectivity index (χ1n) is 3.26. The minimum absolute atomic E-state index is 0.147. The highest BCUT2D eigenvalue weighted by Crippen LogP contribution is 2.05. The fraction of sp³-hybridized carbons (Fsp3) is 0.857. The smallest absolute Gasteiger partial charge is 0.129 e. The van der Waals surface area contributed by atoms with E-state index < -0.39 is 0 Å². The highest BCUT2D eigenvalue weighted by Gasteiger charge is 2.08. The Kier molecular flexibility index (Phi) is 3.28. The van der Waals surface area contributed by atoms with E-state index in [1.807, 2.05) is 27.7 Å². The van der Waals surface area contributed by atoms with Crippen LogP contribution in [0.4, 0.5) is 0 Å². The van der Waals surface area contributed by atoms with Gasteiger partial charge in [0.1, 0.15) is 5.60 Å². The number of hydrogen-bond acceptors (Lipinski definition) is 2. The molecule has 0 N–H and O–H groups in total. The van der Waals surface area contributed by atoms with Gasteiger partial charge in [0, 0.05) is 6.21 Å². The molecule has 9 heavy (non-hydrogen) atoms. The zero-order valence-corrected chi connectivity index (χ0v) is 6.64. The molecule has 0 aliphatic rings. The molecule has 0 aliphatic carbocycles. The van der Waals surface area contributed by atoms with Crippen LogP contribution >= 0.6 is 0 Å². The molecule has 0 saturated carbocycles. The molecule has 0 bridgehead atoms. The molecular formula is C7H15NO. The van der Waals surface area contributed by atoms with Crippen molar-refractivity contribution in [2.24, 2.45) is 5.16 Å². The molecule has 54 valence electrons. The number of oxime groups is 1.